The quantitative estimate of drug-likeness (QED) is 0.810. The number of H-pyrrole nitrogens is 1. The molecule has 2 N–H and O–H groups in total. The van der Waals surface area contributed by atoms with E-state index >= 15 is 0 Å². The fourth-order valence-electron chi connectivity index (χ4n) is 0.993. The van der Waals surface area contributed by atoms with Crippen molar-refractivity contribution in [1.29, 1.82) is 0 Å². The molecule has 0 radical (unpaired) electrons. The van der Waals surface area contributed by atoms with Gasteiger partial charge in [-0.2, -0.15) is 18.3 Å². The largest absolute Gasteiger partial charge is 0.390 e. The van der Waals surface area contributed by atoms with E-state index < -0.39 is 25.0 Å². The molecule has 1 amide bonds. The van der Waals surface area contributed by atoms with Gasteiger partial charge >= 0.3 is 6.18 Å². The van der Waals surface area contributed by atoms with Crippen molar-refractivity contribution < 1.29 is 18.0 Å². The Balaban J connectivity index is 2.41. The predicted octanol–water partition coefficient (Wildman–Crippen LogP) is 1.40. The minimum atomic E-state index is -4.25. The van der Waals surface area contributed by atoms with E-state index in [1.807, 2.05) is 0 Å². The highest BCUT2D eigenvalue weighted by Crippen LogP contribution is 2.18. The summed E-state index contributed by atoms with van der Waals surface area (Å²) in [6.07, 6.45) is -4.01. The minimum Gasteiger partial charge on any atom is -0.352 e. The van der Waals surface area contributed by atoms with Crippen LogP contribution in [0.15, 0.2) is 6.20 Å². The van der Waals surface area contributed by atoms with Crippen LogP contribution in [-0.2, 0) is 0 Å². The van der Waals surface area contributed by atoms with Gasteiger partial charge < -0.3 is 5.32 Å². The smallest absolute Gasteiger partial charge is 0.352 e. The summed E-state index contributed by atoms with van der Waals surface area (Å²) in [6.45, 7) is 1.19. The number of hydrogen-bond acceptors (Lipinski definition) is 2. The highest BCUT2D eigenvalue weighted by atomic mass is 19.4. The second-order valence-corrected chi connectivity index (χ2v) is 3.03. The Bertz CT molecular complexity index is 345. The first-order valence-electron chi connectivity index (χ1n) is 4.25. The average Bonchev–Trinajstić information content (AvgIpc) is 2.48. The number of nitrogens with one attached hydrogen (secondary N) is 2. The zero-order chi connectivity index (χ0) is 11.5. The Labute approximate surface area is 83.9 Å². The van der Waals surface area contributed by atoms with E-state index in [4.69, 9.17) is 0 Å². The van der Waals surface area contributed by atoms with Crippen LogP contribution in [0.1, 0.15) is 22.5 Å². The molecule has 0 aromatic carbocycles. The minimum absolute atomic E-state index is 0.261. The van der Waals surface area contributed by atoms with Crippen LogP contribution in [-0.4, -0.2) is 28.8 Å². The summed E-state index contributed by atoms with van der Waals surface area (Å²) in [4.78, 5) is 11.3. The maximum absolute atomic E-state index is 11.8. The summed E-state index contributed by atoms with van der Waals surface area (Å²) in [5, 5.41) is 8.28. The molecule has 0 spiro atoms. The third kappa shape index (κ3) is 3.61. The van der Waals surface area contributed by atoms with Gasteiger partial charge in [0.1, 0.15) is 0 Å². The number of carbonyl (C=O) groups is 1. The van der Waals surface area contributed by atoms with Gasteiger partial charge in [0.25, 0.3) is 5.91 Å². The summed E-state index contributed by atoms with van der Waals surface area (Å²) in [7, 11) is 0. The molecule has 0 bridgehead atoms. The van der Waals surface area contributed by atoms with E-state index in [0.29, 0.717) is 5.69 Å². The molecule has 1 rings (SSSR count). The molecule has 1 aromatic heterocycles. The molecule has 1 heterocycles. The van der Waals surface area contributed by atoms with Crippen LogP contribution in [0.25, 0.3) is 0 Å². The molecule has 0 atom stereocenters. The molecule has 4 nitrogen and oxygen atoms in total. The van der Waals surface area contributed by atoms with Gasteiger partial charge in [0, 0.05) is 12.2 Å². The highest BCUT2D eigenvalue weighted by Gasteiger charge is 2.26. The Morgan fingerprint density at radius 3 is 2.73 bits per heavy atom. The van der Waals surface area contributed by atoms with Gasteiger partial charge in [-0.05, 0) is 6.92 Å². The SMILES string of the molecule is Cc1[nH]ncc1C(=O)NCCC(F)(F)F. The summed E-state index contributed by atoms with van der Waals surface area (Å²) in [6, 6.07) is 0. The fraction of sp³-hybridized carbons (Fsp3) is 0.500. The summed E-state index contributed by atoms with van der Waals surface area (Å²) >= 11 is 0. The molecule has 15 heavy (non-hydrogen) atoms. The molecule has 0 aliphatic carbocycles. The Morgan fingerprint density at radius 1 is 1.60 bits per heavy atom. The Hall–Kier alpha value is -1.53. The lowest BCUT2D eigenvalue weighted by molar-refractivity contribution is -0.132. The van der Waals surface area contributed by atoms with Crippen molar-refractivity contribution in [3.8, 4) is 0 Å². The maximum atomic E-state index is 11.8. The Morgan fingerprint density at radius 2 is 2.27 bits per heavy atom. The van der Waals surface area contributed by atoms with Gasteiger partial charge in [-0.3, -0.25) is 9.89 Å². The van der Waals surface area contributed by atoms with Crippen molar-refractivity contribution in [3.05, 3.63) is 17.5 Å². The first kappa shape index (κ1) is 11.5. The van der Waals surface area contributed by atoms with Gasteiger partial charge in [-0.25, -0.2) is 0 Å². The first-order valence-corrected chi connectivity index (χ1v) is 4.25. The molecule has 0 aliphatic rings. The Kier molecular flexibility index (Phi) is 3.33. The van der Waals surface area contributed by atoms with E-state index in [2.05, 4.69) is 15.5 Å². The van der Waals surface area contributed by atoms with Crippen molar-refractivity contribution >= 4 is 5.91 Å². The molecule has 0 unspecified atom stereocenters. The van der Waals surface area contributed by atoms with Crippen molar-refractivity contribution in [3.63, 3.8) is 0 Å². The second kappa shape index (κ2) is 4.33. The number of hydrogen-bond donors (Lipinski definition) is 2. The number of aryl methyl sites for hydroxylation is 1. The third-order valence-corrected chi connectivity index (χ3v) is 1.77. The van der Waals surface area contributed by atoms with Crippen LogP contribution in [0, 0.1) is 6.92 Å². The number of carbonyl (C=O) groups excluding carboxylic acids is 1. The summed E-state index contributed by atoms with van der Waals surface area (Å²) in [5.74, 6) is -0.550. The molecule has 0 fully saturated rings. The van der Waals surface area contributed by atoms with Gasteiger partial charge in [0.05, 0.1) is 18.2 Å². The molecular formula is C8H10F3N3O. The second-order valence-electron chi connectivity index (χ2n) is 3.03. The lowest BCUT2D eigenvalue weighted by Crippen LogP contribution is -2.28. The number of aromatic amines is 1. The topological polar surface area (TPSA) is 57.8 Å². The number of rotatable bonds is 3. The van der Waals surface area contributed by atoms with Gasteiger partial charge in [-0.1, -0.05) is 0 Å². The lowest BCUT2D eigenvalue weighted by Gasteiger charge is -2.07. The normalized spacial score (nSPS) is 11.5. The monoisotopic (exact) mass is 221 g/mol. The molecular weight excluding hydrogens is 211 g/mol. The van der Waals surface area contributed by atoms with Crippen molar-refractivity contribution in [2.75, 3.05) is 6.54 Å². The van der Waals surface area contributed by atoms with Crippen LogP contribution >= 0.6 is 0 Å². The number of aromatic nitrogens is 2. The van der Waals surface area contributed by atoms with Crippen LogP contribution in [0.3, 0.4) is 0 Å². The highest BCUT2D eigenvalue weighted by molar-refractivity contribution is 5.94. The number of halogens is 3. The molecule has 0 saturated heterocycles. The van der Waals surface area contributed by atoms with Crippen LogP contribution < -0.4 is 5.32 Å². The molecule has 0 aliphatic heterocycles. The summed E-state index contributed by atoms with van der Waals surface area (Å²) in [5.41, 5.74) is 0.789. The number of alkyl halides is 3. The van der Waals surface area contributed by atoms with Crippen molar-refractivity contribution in [2.45, 2.75) is 19.5 Å². The van der Waals surface area contributed by atoms with Gasteiger partial charge in [0.15, 0.2) is 0 Å². The zero-order valence-corrected chi connectivity index (χ0v) is 7.98. The average molecular weight is 221 g/mol. The van der Waals surface area contributed by atoms with Crippen LogP contribution in [0.4, 0.5) is 13.2 Å². The fourth-order valence-corrected chi connectivity index (χ4v) is 0.993. The molecule has 0 saturated carbocycles. The molecule has 7 heteroatoms. The first-order chi connectivity index (χ1) is 6.90. The van der Waals surface area contributed by atoms with E-state index in [1.54, 1.807) is 6.92 Å². The van der Waals surface area contributed by atoms with Crippen LogP contribution in [0.2, 0.25) is 0 Å². The third-order valence-electron chi connectivity index (χ3n) is 1.77. The number of amides is 1. The van der Waals surface area contributed by atoms with Crippen molar-refractivity contribution in [1.82, 2.24) is 15.5 Å². The predicted molar refractivity (Wildman–Crippen MR) is 46.3 cm³/mol. The van der Waals surface area contributed by atoms with E-state index in [9.17, 15) is 18.0 Å². The van der Waals surface area contributed by atoms with Gasteiger partial charge in [-0.15, -0.1) is 0 Å². The zero-order valence-electron chi connectivity index (χ0n) is 7.98. The van der Waals surface area contributed by atoms with E-state index in [1.165, 1.54) is 6.20 Å². The van der Waals surface area contributed by atoms with Gasteiger partial charge in [0.2, 0.25) is 0 Å². The standard InChI is InChI=1S/C8H10F3N3O/c1-5-6(4-13-14-5)7(15)12-3-2-8(9,10)11/h4H,2-3H2,1H3,(H,12,15)(H,13,14). The van der Waals surface area contributed by atoms with Crippen LogP contribution in [0.5, 0.6) is 0 Å². The van der Waals surface area contributed by atoms with Crippen molar-refractivity contribution in [2.24, 2.45) is 0 Å². The molecule has 84 valence electrons. The lowest BCUT2D eigenvalue weighted by atomic mass is 10.2. The summed E-state index contributed by atoms with van der Waals surface area (Å²) < 4.78 is 35.3. The van der Waals surface area contributed by atoms with E-state index in [0.717, 1.165) is 0 Å². The maximum Gasteiger partial charge on any atom is 0.390 e. The molecule has 1 aromatic rings. The number of nitrogens with zero attached hydrogens (tertiary/aromatic N) is 1. The van der Waals surface area contributed by atoms with E-state index in [-0.39, 0.29) is 5.56 Å².